The van der Waals surface area contributed by atoms with Crippen molar-refractivity contribution in [1.82, 2.24) is 9.80 Å². The Morgan fingerprint density at radius 3 is 2.00 bits per heavy atom. The van der Waals surface area contributed by atoms with Gasteiger partial charge in [0.2, 0.25) is 0 Å². The van der Waals surface area contributed by atoms with Crippen molar-refractivity contribution in [1.29, 1.82) is 0 Å². The highest BCUT2D eigenvalue weighted by molar-refractivity contribution is 5.16. The van der Waals surface area contributed by atoms with Gasteiger partial charge < -0.3 is 0 Å². The van der Waals surface area contributed by atoms with Crippen LogP contribution >= 0.6 is 0 Å². The fraction of sp³-hybridized carbons (Fsp3) is 0.895. The van der Waals surface area contributed by atoms with Crippen LogP contribution in [0.1, 0.15) is 54.4 Å². The first kappa shape index (κ1) is 16.8. The number of hydrogen-bond acceptors (Lipinski definition) is 2. The van der Waals surface area contributed by atoms with Crippen molar-refractivity contribution in [3.8, 4) is 11.8 Å². The van der Waals surface area contributed by atoms with E-state index in [4.69, 9.17) is 0 Å². The van der Waals surface area contributed by atoms with Gasteiger partial charge in [-0.3, -0.25) is 9.80 Å². The van der Waals surface area contributed by atoms with E-state index in [0.29, 0.717) is 5.92 Å². The Morgan fingerprint density at radius 2 is 1.52 bits per heavy atom. The third-order valence-electron chi connectivity index (χ3n) is 5.38. The minimum atomic E-state index is 0.0242. The van der Waals surface area contributed by atoms with Crippen molar-refractivity contribution in [2.75, 3.05) is 26.2 Å². The van der Waals surface area contributed by atoms with E-state index >= 15 is 0 Å². The molecule has 2 nitrogen and oxygen atoms in total. The molecule has 0 bridgehead atoms. The van der Waals surface area contributed by atoms with Crippen molar-refractivity contribution in [2.45, 2.75) is 66.0 Å². The van der Waals surface area contributed by atoms with Gasteiger partial charge in [-0.25, -0.2) is 0 Å². The van der Waals surface area contributed by atoms with E-state index in [1.807, 2.05) is 0 Å². The topological polar surface area (TPSA) is 6.48 Å². The summed E-state index contributed by atoms with van der Waals surface area (Å²) in [6.45, 7) is 18.4. The number of nitrogens with zero attached hydrogens (tertiary/aromatic N) is 2. The van der Waals surface area contributed by atoms with Gasteiger partial charge in [-0.05, 0) is 38.5 Å². The van der Waals surface area contributed by atoms with E-state index in [0.717, 1.165) is 17.9 Å². The fourth-order valence-corrected chi connectivity index (χ4v) is 3.52. The number of hydrogen-bond donors (Lipinski definition) is 0. The molecule has 1 saturated carbocycles. The highest BCUT2D eigenvalue weighted by atomic mass is 15.3. The molecule has 0 aromatic rings. The van der Waals surface area contributed by atoms with Crippen LogP contribution in [0.5, 0.6) is 0 Å². The fourth-order valence-electron chi connectivity index (χ4n) is 3.52. The summed E-state index contributed by atoms with van der Waals surface area (Å²) in [5, 5.41) is 0. The van der Waals surface area contributed by atoms with Crippen molar-refractivity contribution in [3.05, 3.63) is 0 Å². The molecule has 0 spiro atoms. The number of rotatable bonds is 3. The van der Waals surface area contributed by atoms with Crippen LogP contribution in [0.15, 0.2) is 0 Å². The second-order valence-electron chi connectivity index (χ2n) is 8.14. The van der Waals surface area contributed by atoms with Gasteiger partial charge in [0.05, 0.1) is 5.54 Å². The lowest BCUT2D eigenvalue weighted by atomic mass is 9.73. The maximum atomic E-state index is 3.48. The first-order chi connectivity index (χ1) is 9.79. The molecule has 1 heterocycles. The Balaban J connectivity index is 1.80. The molecular formula is C19H34N2. The lowest BCUT2D eigenvalue weighted by Crippen LogP contribution is -2.58. The molecule has 1 aliphatic heterocycles. The maximum Gasteiger partial charge on any atom is 0.0769 e. The highest BCUT2D eigenvalue weighted by Crippen LogP contribution is 2.37. The average molecular weight is 290 g/mol. The smallest absolute Gasteiger partial charge is 0.0769 e. The van der Waals surface area contributed by atoms with Crippen LogP contribution in [0.4, 0.5) is 0 Å². The Morgan fingerprint density at radius 1 is 0.952 bits per heavy atom. The summed E-state index contributed by atoms with van der Waals surface area (Å²) in [5.41, 5.74) is 0.0242. The molecule has 1 saturated heterocycles. The summed E-state index contributed by atoms with van der Waals surface area (Å²) >= 11 is 0. The van der Waals surface area contributed by atoms with E-state index in [2.05, 4.69) is 63.2 Å². The first-order valence-corrected chi connectivity index (χ1v) is 8.81. The second kappa shape index (κ2) is 6.71. The molecule has 2 rings (SSSR count). The van der Waals surface area contributed by atoms with Crippen LogP contribution in [0.2, 0.25) is 0 Å². The third kappa shape index (κ3) is 4.24. The minimum Gasteiger partial charge on any atom is -0.298 e. The summed E-state index contributed by atoms with van der Waals surface area (Å²) in [7, 11) is 0. The molecule has 0 aromatic heterocycles. The summed E-state index contributed by atoms with van der Waals surface area (Å²) in [5.74, 6) is 9.14. The summed E-state index contributed by atoms with van der Waals surface area (Å²) < 4.78 is 0. The lowest BCUT2D eigenvalue weighted by Gasteiger charge is -2.49. The highest BCUT2D eigenvalue weighted by Gasteiger charge is 2.37. The van der Waals surface area contributed by atoms with Crippen LogP contribution < -0.4 is 0 Å². The van der Waals surface area contributed by atoms with Crippen LogP contribution in [-0.2, 0) is 0 Å². The van der Waals surface area contributed by atoms with Crippen molar-refractivity contribution in [3.63, 3.8) is 0 Å². The van der Waals surface area contributed by atoms with Crippen LogP contribution in [-0.4, -0.2) is 47.6 Å². The largest absolute Gasteiger partial charge is 0.298 e. The first-order valence-electron chi connectivity index (χ1n) is 8.81. The summed E-state index contributed by atoms with van der Waals surface area (Å²) in [4.78, 5) is 5.29. The Kier molecular flexibility index (Phi) is 5.38. The molecule has 120 valence electrons. The van der Waals surface area contributed by atoms with Gasteiger partial charge >= 0.3 is 0 Å². The molecule has 0 amide bonds. The molecule has 2 fully saturated rings. The van der Waals surface area contributed by atoms with Crippen LogP contribution in [0.3, 0.4) is 0 Å². The molecule has 0 unspecified atom stereocenters. The molecular weight excluding hydrogens is 256 g/mol. The van der Waals surface area contributed by atoms with Gasteiger partial charge in [-0.2, -0.15) is 0 Å². The predicted molar refractivity (Wildman–Crippen MR) is 91.2 cm³/mol. The van der Waals surface area contributed by atoms with Crippen LogP contribution in [0.25, 0.3) is 0 Å². The second-order valence-corrected chi connectivity index (χ2v) is 8.14. The molecule has 1 aliphatic carbocycles. The molecule has 0 aromatic carbocycles. The van der Waals surface area contributed by atoms with Gasteiger partial charge in [0.25, 0.3) is 0 Å². The average Bonchev–Trinajstić information content (AvgIpc) is 2.35. The summed E-state index contributed by atoms with van der Waals surface area (Å²) in [6.07, 6.45) is 2.85. The molecule has 2 aliphatic rings. The Hall–Kier alpha value is -0.520. The van der Waals surface area contributed by atoms with Crippen molar-refractivity contribution >= 4 is 0 Å². The lowest BCUT2D eigenvalue weighted by molar-refractivity contribution is 0.00300. The minimum absolute atomic E-state index is 0.0242. The van der Waals surface area contributed by atoms with Crippen LogP contribution in [0, 0.1) is 29.6 Å². The Labute approximate surface area is 132 Å². The normalized spacial score (nSPS) is 28.4. The predicted octanol–water partition coefficient (Wildman–Crippen LogP) is 3.48. The van der Waals surface area contributed by atoms with E-state index in [1.54, 1.807) is 0 Å². The van der Waals surface area contributed by atoms with Gasteiger partial charge in [0.1, 0.15) is 0 Å². The van der Waals surface area contributed by atoms with Gasteiger partial charge in [0.15, 0.2) is 0 Å². The van der Waals surface area contributed by atoms with E-state index in [9.17, 15) is 0 Å². The molecule has 0 atom stereocenters. The van der Waals surface area contributed by atoms with Crippen molar-refractivity contribution < 1.29 is 0 Å². The van der Waals surface area contributed by atoms with Gasteiger partial charge in [-0.15, -0.1) is 0 Å². The van der Waals surface area contributed by atoms with E-state index < -0.39 is 0 Å². The monoisotopic (exact) mass is 290 g/mol. The zero-order chi connectivity index (χ0) is 15.6. The third-order valence-corrected chi connectivity index (χ3v) is 5.38. The zero-order valence-electron chi connectivity index (χ0n) is 14.9. The van der Waals surface area contributed by atoms with Crippen molar-refractivity contribution in [2.24, 2.45) is 17.8 Å². The zero-order valence-corrected chi connectivity index (χ0v) is 14.9. The molecule has 21 heavy (non-hydrogen) atoms. The van der Waals surface area contributed by atoms with E-state index in [1.165, 1.54) is 39.0 Å². The molecule has 2 heteroatoms. The maximum absolute atomic E-state index is 3.48. The SMILES string of the molecule is CC(C)C#CC(C)(C)N1CCN(C2CC(C(C)C)C2)CC1. The summed E-state index contributed by atoms with van der Waals surface area (Å²) in [6, 6.07) is 0.865. The quantitative estimate of drug-likeness (QED) is 0.734. The molecule has 0 N–H and O–H groups in total. The van der Waals surface area contributed by atoms with Gasteiger partial charge in [0, 0.05) is 38.1 Å². The van der Waals surface area contributed by atoms with E-state index in [-0.39, 0.29) is 5.54 Å². The number of piperazine rings is 1. The van der Waals surface area contributed by atoms with Gasteiger partial charge in [-0.1, -0.05) is 39.5 Å². The standard InChI is InChI=1S/C19H34N2/c1-15(2)7-8-19(5,6)21-11-9-20(10-12-21)18-13-17(14-18)16(3)4/h15-18H,9-14H2,1-6H3. The Bertz CT molecular complexity index is 386. The molecule has 0 radical (unpaired) electrons.